The lowest BCUT2D eigenvalue weighted by Crippen LogP contribution is -2.41. The van der Waals surface area contributed by atoms with Gasteiger partial charge in [-0.15, -0.1) is 0 Å². The molecule has 0 aliphatic carbocycles. The topological polar surface area (TPSA) is 44.8 Å². The van der Waals surface area contributed by atoms with Crippen molar-refractivity contribution in [3.05, 3.63) is 29.3 Å². The number of carbonyl (C=O) groups excluding carboxylic acids is 1. The normalized spacial score (nSPS) is 20.0. The van der Waals surface area contributed by atoms with E-state index in [-0.39, 0.29) is 5.97 Å². The summed E-state index contributed by atoms with van der Waals surface area (Å²) in [5.74, 6) is -0.355. The first-order valence-electron chi connectivity index (χ1n) is 6.72. The van der Waals surface area contributed by atoms with Gasteiger partial charge in [0.05, 0.1) is 23.9 Å². The first-order valence-corrected chi connectivity index (χ1v) is 6.72. The predicted molar refractivity (Wildman–Crippen MR) is 78.2 cm³/mol. The SMILES string of the molecule is COC(=O)c1cc(C)cc(B2OC(C)(C)C(C)(C)O2)c1. The number of esters is 1. The Morgan fingerprint density at radius 2 is 1.65 bits per heavy atom. The van der Waals surface area contributed by atoms with Gasteiger partial charge in [-0.1, -0.05) is 11.6 Å². The molecule has 5 heteroatoms. The van der Waals surface area contributed by atoms with Gasteiger partial charge in [-0.3, -0.25) is 0 Å². The van der Waals surface area contributed by atoms with E-state index in [1.165, 1.54) is 7.11 Å². The Morgan fingerprint density at radius 3 is 2.15 bits per heavy atom. The second-order valence-corrected chi connectivity index (χ2v) is 6.21. The molecule has 0 amide bonds. The number of ether oxygens (including phenoxy) is 1. The number of methoxy groups -OCH3 is 1. The lowest BCUT2D eigenvalue weighted by Gasteiger charge is -2.32. The molecule has 0 radical (unpaired) electrons. The van der Waals surface area contributed by atoms with E-state index in [0.29, 0.717) is 5.56 Å². The van der Waals surface area contributed by atoms with Crippen molar-refractivity contribution in [3.63, 3.8) is 0 Å². The molecule has 1 aromatic carbocycles. The fourth-order valence-electron chi connectivity index (χ4n) is 2.16. The minimum atomic E-state index is -0.469. The van der Waals surface area contributed by atoms with Crippen molar-refractivity contribution < 1.29 is 18.8 Å². The smallest absolute Gasteiger partial charge is 0.465 e. The molecule has 108 valence electrons. The van der Waals surface area contributed by atoms with Gasteiger partial charge in [0.2, 0.25) is 0 Å². The highest BCUT2D eigenvalue weighted by Crippen LogP contribution is 2.36. The van der Waals surface area contributed by atoms with Crippen molar-refractivity contribution in [1.29, 1.82) is 0 Å². The molecule has 1 fully saturated rings. The third-order valence-corrected chi connectivity index (χ3v) is 4.05. The molecule has 0 atom stereocenters. The van der Waals surface area contributed by atoms with Gasteiger partial charge in [-0.25, -0.2) is 4.79 Å². The number of hydrogen-bond donors (Lipinski definition) is 0. The molecule has 1 heterocycles. The maximum absolute atomic E-state index is 11.7. The zero-order valence-electron chi connectivity index (χ0n) is 12.9. The van der Waals surface area contributed by atoms with Crippen LogP contribution in [-0.2, 0) is 14.0 Å². The van der Waals surface area contributed by atoms with Gasteiger partial charge in [0.15, 0.2) is 0 Å². The van der Waals surface area contributed by atoms with Crippen LogP contribution in [0.25, 0.3) is 0 Å². The van der Waals surface area contributed by atoms with Crippen LogP contribution in [0, 0.1) is 6.92 Å². The van der Waals surface area contributed by atoms with Crippen LogP contribution >= 0.6 is 0 Å². The Kier molecular flexibility index (Phi) is 3.69. The van der Waals surface area contributed by atoms with Gasteiger partial charge in [0.1, 0.15) is 0 Å². The lowest BCUT2D eigenvalue weighted by atomic mass is 9.77. The van der Waals surface area contributed by atoms with Crippen LogP contribution in [0.4, 0.5) is 0 Å². The summed E-state index contributed by atoms with van der Waals surface area (Å²) >= 11 is 0. The van der Waals surface area contributed by atoms with E-state index < -0.39 is 18.3 Å². The molecule has 1 saturated heterocycles. The summed E-state index contributed by atoms with van der Waals surface area (Å²) in [7, 11) is 0.905. The highest BCUT2D eigenvalue weighted by Gasteiger charge is 2.51. The van der Waals surface area contributed by atoms with E-state index in [4.69, 9.17) is 14.0 Å². The fourth-order valence-corrected chi connectivity index (χ4v) is 2.16. The molecule has 4 nitrogen and oxygen atoms in total. The molecule has 1 aromatic rings. The molecule has 0 aromatic heterocycles. The van der Waals surface area contributed by atoms with Crippen molar-refractivity contribution in [2.24, 2.45) is 0 Å². The van der Waals surface area contributed by atoms with Crippen molar-refractivity contribution in [3.8, 4) is 0 Å². The van der Waals surface area contributed by atoms with Crippen LogP contribution in [0.3, 0.4) is 0 Å². The largest absolute Gasteiger partial charge is 0.494 e. The zero-order valence-corrected chi connectivity index (χ0v) is 12.9. The van der Waals surface area contributed by atoms with Crippen LogP contribution in [0.15, 0.2) is 18.2 Å². The molecule has 0 saturated carbocycles. The summed E-state index contributed by atoms with van der Waals surface area (Å²) in [6.45, 7) is 9.95. The van der Waals surface area contributed by atoms with Gasteiger partial charge in [0.25, 0.3) is 0 Å². The molecule has 0 bridgehead atoms. The molecule has 2 rings (SSSR count). The van der Waals surface area contributed by atoms with E-state index in [0.717, 1.165) is 11.0 Å². The number of benzene rings is 1. The van der Waals surface area contributed by atoms with E-state index in [2.05, 4.69) is 0 Å². The standard InChI is InChI=1S/C15H21BO4/c1-10-7-11(13(17)18-6)9-12(8-10)16-19-14(2,3)15(4,5)20-16/h7-9H,1-6H3. The van der Waals surface area contributed by atoms with Crippen LogP contribution in [0.5, 0.6) is 0 Å². The van der Waals surface area contributed by atoms with Gasteiger partial charge < -0.3 is 14.0 Å². The monoisotopic (exact) mass is 276 g/mol. The lowest BCUT2D eigenvalue weighted by molar-refractivity contribution is 0.00578. The molecule has 0 spiro atoms. The Hall–Kier alpha value is -1.33. The summed E-state index contributed by atoms with van der Waals surface area (Å²) < 4.78 is 16.8. The minimum absolute atomic E-state index is 0.355. The summed E-state index contributed by atoms with van der Waals surface area (Å²) in [5.41, 5.74) is 1.53. The van der Waals surface area contributed by atoms with Gasteiger partial charge >= 0.3 is 13.1 Å². The summed E-state index contributed by atoms with van der Waals surface area (Å²) in [6, 6.07) is 5.52. The number of rotatable bonds is 2. The van der Waals surface area contributed by atoms with Gasteiger partial charge in [-0.05, 0) is 52.2 Å². The first-order chi connectivity index (χ1) is 9.16. The Morgan fingerprint density at radius 1 is 1.10 bits per heavy atom. The summed E-state index contributed by atoms with van der Waals surface area (Å²) in [4.78, 5) is 11.7. The van der Waals surface area contributed by atoms with Crippen molar-refractivity contribution >= 4 is 18.6 Å². The number of aryl methyl sites for hydroxylation is 1. The van der Waals surface area contributed by atoms with Crippen molar-refractivity contribution in [2.75, 3.05) is 7.11 Å². The van der Waals surface area contributed by atoms with Gasteiger partial charge in [-0.2, -0.15) is 0 Å². The predicted octanol–water partition coefficient (Wildman–Crippen LogP) is 2.08. The third-order valence-electron chi connectivity index (χ3n) is 4.05. The average molecular weight is 276 g/mol. The van der Waals surface area contributed by atoms with E-state index in [1.54, 1.807) is 12.1 Å². The van der Waals surface area contributed by atoms with Crippen LogP contribution in [0.1, 0.15) is 43.6 Å². The summed E-state index contributed by atoms with van der Waals surface area (Å²) in [6.07, 6.45) is 0. The number of hydrogen-bond acceptors (Lipinski definition) is 4. The molecule has 1 aliphatic heterocycles. The minimum Gasteiger partial charge on any atom is -0.465 e. The molecule has 20 heavy (non-hydrogen) atoms. The summed E-state index contributed by atoms with van der Waals surface area (Å²) in [5, 5.41) is 0. The van der Waals surface area contributed by atoms with Crippen LogP contribution in [0.2, 0.25) is 0 Å². The Balaban J connectivity index is 2.35. The average Bonchev–Trinajstić information content (AvgIpc) is 2.57. The van der Waals surface area contributed by atoms with Crippen LogP contribution in [-0.4, -0.2) is 31.4 Å². The molecular weight excluding hydrogens is 255 g/mol. The van der Waals surface area contributed by atoms with E-state index in [9.17, 15) is 4.79 Å². The molecule has 0 N–H and O–H groups in total. The molecule has 0 unspecified atom stereocenters. The van der Waals surface area contributed by atoms with Gasteiger partial charge in [0, 0.05) is 0 Å². The molecule has 1 aliphatic rings. The Bertz CT molecular complexity index is 521. The Labute approximate surface area is 120 Å². The van der Waals surface area contributed by atoms with E-state index in [1.807, 2.05) is 40.7 Å². The maximum atomic E-state index is 11.7. The van der Waals surface area contributed by atoms with Crippen molar-refractivity contribution in [2.45, 2.75) is 45.8 Å². The molecular formula is C15H21BO4. The van der Waals surface area contributed by atoms with E-state index >= 15 is 0 Å². The number of carbonyl (C=O) groups is 1. The maximum Gasteiger partial charge on any atom is 0.494 e. The van der Waals surface area contributed by atoms with Crippen LogP contribution < -0.4 is 5.46 Å². The zero-order chi connectivity index (χ0) is 15.1. The second kappa shape index (κ2) is 4.90. The first kappa shape index (κ1) is 15.1. The highest BCUT2D eigenvalue weighted by molar-refractivity contribution is 6.62. The quantitative estimate of drug-likeness (QED) is 0.613. The van der Waals surface area contributed by atoms with Crippen molar-refractivity contribution in [1.82, 2.24) is 0 Å². The highest BCUT2D eigenvalue weighted by atomic mass is 16.7. The third kappa shape index (κ3) is 2.60. The second-order valence-electron chi connectivity index (χ2n) is 6.21. The fraction of sp³-hybridized carbons (Fsp3) is 0.533.